The molecule has 0 amide bonds. The maximum Gasteiger partial charge on any atom is 0.472 e. The number of phosphoric ester groups is 2. The van der Waals surface area contributed by atoms with Crippen molar-refractivity contribution in [3.63, 3.8) is 0 Å². The highest BCUT2D eigenvalue weighted by molar-refractivity contribution is 7.47. The summed E-state index contributed by atoms with van der Waals surface area (Å²) in [7, 11) is -9.92. The molecule has 0 saturated carbocycles. The Balaban J connectivity index is 5.22. The fourth-order valence-electron chi connectivity index (χ4n) is 12.7. The number of hydrogen-bond acceptors (Lipinski definition) is 15. The van der Waals surface area contributed by atoms with Gasteiger partial charge in [0.15, 0.2) is 12.2 Å². The van der Waals surface area contributed by atoms with Gasteiger partial charge in [-0.15, -0.1) is 0 Å². The second kappa shape index (κ2) is 73.6. The standard InChI is InChI=1S/C82H160O17P2/c1-7-10-12-14-16-18-20-21-26-30-34-41-47-53-59-65-80(85)93-71-77(98-81(86)66-60-54-48-42-35-31-28-25-23-22-24-27-29-33-39-45-51-57-63-75(6)9-3)72-96-100(88,89)94-68-76(83)69-95-101(90,91)97-73-78(70-92-79(84)64-58-52-46-40-32-19-17-15-13-11-8-2)99-82(87)67-61-55-49-43-37-36-38-44-50-56-62-74(4)5/h74-78,83H,7-73H2,1-6H3,(H,88,89)(H,90,91)/t75?,76-,77-,78-/m1/s1. The van der Waals surface area contributed by atoms with Gasteiger partial charge in [-0.25, -0.2) is 9.13 Å². The average molecular weight is 1480 g/mol. The minimum absolute atomic E-state index is 0.106. The number of ether oxygens (including phenoxy) is 4. The van der Waals surface area contributed by atoms with Crippen LogP contribution in [0.2, 0.25) is 0 Å². The molecular weight excluding hydrogens is 1320 g/mol. The minimum Gasteiger partial charge on any atom is -0.462 e. The van der Waals surface area contributed by atoms with E-state index in [-0.39, 0.29) is 25.7 Å². The second-order valence-electron chi connectivity index (χ2n) is 30.2. The van der Waals surface area contributed by atoms with Crippen molar-refractivity contribution in [2.24, 2.45) is 11.8 Å². The lowest BCUT2D eigenvalue weighted by Gasteiger charge is -2.21. The first-order valence-corrected chi connectivity index (χ1v) is 45.5. The molecule has 0 radical (unpaired) electrons. The molecule has 19 heteroatoms. The molecule has 0 rings (SSSR count). The molecule has 0 heterocycles. The van der Waals surface area contributed by atoms with E-state index in [1.807, 2.05) is 0 Å². The van der Waals surface area contributed by atoms with Crippen LogP contribution in [0, 0.1) is 11.8 Å². The second-order valence-corrected chi connectivity index (χ2v) is 33.1. The van der Waals surface area contributed by atoms with E-state index in [4.69, 9.17) is 37.0 Å². The van der Waals surface area contributed by atoms with Gasteiger partial charge in [0.2, 0.25) is 0 Å². The van der Waals surface area contributed by atoms with Crippen LogP contribution in [0.1, 0.15) is 433 Å². The quantitative estimate of drug-likeness (QED) is 0.0222. The van der Waals surface area contributed by atoms with Gasteiger partial charge in [-0.2, -0.15) is 0 Å². The Labute approximate surface area is 619 Å². The molecule has 0 bridgehead atoms. The van der Waals surface area contributed by atoms with E-state index in [0.29, 0.717) is 25.7 Å². The van der Waals surface area contributed by atoms with Gasteiger partial charge in [0.05, 0.1) is 26.4 Å². The molecule has 0 spiro atoms. The molecule has 101 heavy (non-hydrogen) atoms. The summed E-state index contributed by atoms with van der Waals surface area (Å²) in [6.07, 6.45) is 63.7. The Morgan fingerprint density at radius 2 is 0.505 bits per heavy atom. The summed E-state index contributed by atoms with van der Waals surface area (Å²) in [6, 6.07) is 0. The van der Waals surface area contributed by atoms with Crippen LogP contribution in [-0.4, -0.2) is 96.7 Å². The van der Waals surface area contributed by atoms with E-state index in [0.717, 1.165) is 102 Å². The zero-order chi connectivity index (χ0) is 74.2. The Morgan fingerprint density at radius 1 is 0.287 bits per heavy atom. The normalized spacial score (nSPS) is 14.2. The lowest BCUT2D eigenvalue weighted by atomic mass is 9.99. The van der Waals surface area contributed by atoms with Crippen molar-refractivity contribution in [2.45, 2.75) is 452 Å². The van der Waals surface area contributed by atoms with Gasteiger partial charge in [0, 0.05) is 25.7 Å². The molecule has 3 N–H and O–H groups in total. The summed E-state index contributed by atoms with van der Waals surface area (Å²) < 4.78 is 68.7. The van der Waals surface area contributed by atoms with E-state index in [1.54, 1.807) is 0 Å². The fourth-order valence-corrected chi connectivity index (χ4v) is 14.3. The predicted molar refractivity (Wildman–Crippen MR) is 414 cm³/mol. The fraction of sp³-hybridized carbons (Fsp3) is 0.951. The lowest BCUT2D eigenvalue weighted by molar-refractivity contribution is -0.161. The van der Waals surface area contributed by atoms with Crippen LogP contribution in [0.3, 0.4) is 0 Å². The zero-order valence-corrected chi connectivity index (χ0v) is 68.0. The van der Waals surface area contributed by atoms with E-state index in [1.165, 1.54) is 250 Å². The van der Waals surface area contributed by atoms with Crippen molar-refractivity contribution < 1.29 is 80.2 Å². The third-order valence-corrected chi connectivity index (χ3v) is 21.5. The Hall–Kier alpha value is -1.94. The highest BCUT2D eigenvalue weighted by Gasteiger charge is 2.30. The summed E-state index contributed by atoms with van der Waals surface area (Å²) in [5, 5.41) is 10.6. The first kappa shape index (κ1) is 99.1. The van der Waals surface area contributed by atoms with Gasteiger partial charge in [-0.1, -0.05) is 382 Å². The van der Waals surface area contributed by atoms with E-state index < -0.39 is 97.5 Å². The van der Waals surface area contributed by atoms with Crippen molar-refractivity contribution in [2.75, 3.05) is 39.6 Å². The van der Waals surface area contributed by atoms with Crippen LogP contribution < -0.4 is 0 Å². The summed E-state index contributed by atoms with van der Waals surface area (Å²) in [4.78, 5) is 73.0. The molecule has 600 valence electrons. The van der Waals surface area contributed by atoms with E-state index in [9.17, 15) is 43.2 Å². The minimum atomic E-state index is -4.96. The first-order chi connectivity index (χ1) is 48.9. The number of carbonyl (C=O) groups excluding carboxylic acids is 4. The first-order valence-electron chi connectivity index (χ1n) is 42.5. The maximum absolute atomic E-state index is 13.1. The third kappa shape index (κ3) is 74.7. The van der Waals surface area contributed by atoms with Gasteiger partial charge >= 0.3 is 39.5 Å². The molecule has 6 atom stereocenters. The van der Waals surface area contributed by atoms with E-state index >= 15 is 0 Å². The predicted octanol–water partition coefficient (Wildman–Crippen LogP) is 24.7. The van der Waals surface area contributed by atoms with Gasteiger partial charge in [-0.3, -0.25) is 37.3 Å². The van der Waals surface area contributed by atoms with Gasteiger partial charge in [0.25, 0.3) is 0 Å². The van der Waals surface area contributed by atoms with Crippen molar-refractivity contribution in [1.29, 1.82) is 0 Å². The van der Waals surface area contributed by atoms with Crippen molar-refractivity contribution in [3.8, 4) is 0 Å². The molecule has 0 fully saturated rings. The molecule has 0 aromatic carbocycles. The van der Waals surface area contributed by atoms with Crippen LogP contribution in [0.5, 0.6) is 0 Å². The largest absolute Gasteiger partial charge is 0.472 e. The molecule has 0 aliphatic rings. The van der Waals surface area contributed by atoms with Gasteiger partial charge < -0.3 is 33.8 Å². The summed E-state index contributed by atoms with van der Waals surface area (Å²) in [5.41, 5.74) is 0. The van der Waals surface area contributed by atoms with Crippen molar-refractivity contribution in [3.05, 3.63) is 0 Å². The van der Waals surface area contributed by atoms with Crippen LogP contribution in [-0.2, 0) is 65.4 Å². The summed E-state index contributed by atoms with van der Waals surface area (Å²) in [5.74, 6) is -0.483. The Kier molecular flexibility index (Phi) is 72.2. The molecule has 0 aliphatic heterocycles. The number of rotatable bonds is 81. The smallest absolute Gasteiger partial charge is 0.462 e. The number of aliphatic hydroxyl groups excluding tert-OH is 1. The SMILES string of the molecule is CCCCCCCCCCCCCCCCCC(=O)OC[C@H](COP(=O)(O)OC[C@@H](O)COP(=O)(O)OC[C@@H](COC(=O)CCCCCCCCCCCCC)OC(=O)CCCCCCCCCCCCC(C)C)OC(=O)CCCCCCCCCCCCCCCCCCCCC(C)CC. The average Bonchev–Trinajstić information content (AvgIpc) is 1.08. The molecule has 17 nitrogen and oxygen atoms in total. The number of carbonyl (C=O) groups is 4. The van der Waals surface area contributed by atoms with Gasteiger partial charge in [-0.05, 0) is 37.5 Å². The van der Waals surface area contributed by atoms with Crippen molar-refractivity contribution >= 4 is 39.5 Å². The third-order valence-electron chi connectivity index (χ3n) is 19.6. The summed E-state index contributed by atoms with van der Waals surface area (Å²) >= 11 is 0. The lowest BCUT2D eigenvalue weighted by Crippen LogP contribution is -2.30. The molecule has 3 unspecified atom stereocenters. The topological polar surface area (TPSA) is 237 Å². The Morgan fingerprint density at radius 3 is 0.752 bits per heavy atom. The van der Waals surface area contributed by atoms with Gasteiger partial charge in [0.1, 0.15) is 19.3 Å². The molecule has 0 aliphatic carbocycles. The molecular formula is C82H160O17P2. The number of aliphatic hydroxyl groups is 1. The number of hydrogen-bond donors (Lipinski definition) is 3. The zero-order valence-electron chi connectivity index (χ0n) is 66.2. The molecule has 0 aromatic rings. The highest BCUT2D eigenvalue weighted by Crippen LogP contribution is 2.45. The summed E-state index contributed by atoms with van der Waals surface area (Å²) in [6.45, 7) is 9.70. The number of phosphoric acid groups is 2. The van der Waals surface area contributed by atoms with Crippen LogP contribution in [0.4, 0.5) is 0 Å². The van der Waals surface area contributed by atoms with Crippen LogP contribution in [0.25, 0.3) is 0 Å². The molecule has 0 aromatic heterocycles. The molecule has 0 saturated heterocycles. The van der Waals surface area contributed by atoms with Crippen LogP contribution in [0.15, 0.2) is 0 Å². The highest BCUT2D eigenvalue weighted by atomic mass is 31.2. The van der Waals surface area contributed by atoms with E-state index in [2.05, 4.69) is 41.5 Å². The number of unbranched alkanes of at least 4 members (excludes halogenated alkanes) is 50. The monoisotopic (exact) mass is 1480 g/mol. The Bertz CT molecular complexity index is 1940. The maximum atomic E-state index is 13.1. The van der Waals surface area contributed by atoms with Crippen LogP contribution >= 0.6 is 15.6 Å². The van der Waals surface area contributed by atoms with Crippen molar-refractivity contribution in [1.82, 2.24) is 0 Å². The number of esters is 4.